The van der Waals surface area contributed by atoms with E-state index in [4.69, 9.17) is 15.0 Å². The maximum atomic E-state index is 4.97. The molecule has 0 unspecified atom stereocenters. The SMILES string of the molecule is C=C(CC)Nc1c(C)c2cnccc2c2cc(-c3ccc4c(c3)c3nccnc3c3[nH]c(C(C)C)nc43)ccc12. The molecule has 2 N–H and O–H groups in total. The molecule has 4 aromatic carbocycles. The van der Waals surface area contributed by atoms with Crippen LogP contribution in [0.5, 0.6) is 0 Å². The largest absolute Gasteiger partial charge is 0.359 e. The highest BCUT2D eigenvalue weighted by Gasteiger charge is 2.18. The number of hydrogen-bond donors (Lipinski definition) is 2. The number of nitrogens with zero attached hydrogens (tertiary/aromatic N) is 4. The van der Waals surface area contributed by atoms with Crippen molar-refractivity contribution in [3.63, 3.8) is 0 Å². The Morgan fingerprint density at radius 1 is 0.825 bits per heavy atom. The third kappa shape index (κ3) is 3.63. The molecule has 0 spiro atoms. The lowest BCUT2D eigenvalue weighted by atomic mass is 9.93. The van der Waals surface area contributed by atoms with Crippen molar-refractivity contribution in [1.29, 1.82) is 0 Å². The van der Waals surface area contributed by atoms with Gasteiger partial charge in [-0.2, -0.15) is 0 Å². The molecule has 7 rings (SSSR count). The molecule has 0 amide bonds. The van der Waals surface area contributed by atoms with Gasteiger partial charge in [-0.1, -0.05) is 51.6 Å². The van der Waals surface area contributed by atoms with Gasteiger partial charge in [0.1, 0.15) is 11.3 Å². The van der Waals surface area contributed by atoms with Crippen LogP contribution in [0.15, 0.2) is 79.5 Å². The minimum atomic E-state index is 0.286. The number of rotatable bonds is 5. The summed E-state index contributed by atoms with van der Waals surface area (Å²) in [7, 11) is 0. The topological polar surface area (TPSA) is 79.4 Å². The van der Waals surface area contributed by atoms with E-state index in [1.54, 1.807) is 12.4 Å². The standard InChI is InChI=1S/C34H30N6/c1-6-19(4)38-29-20(5)28-17-35-12-11-23(28)26-15-21(7-9-24(26)29)22-8-10-25-27(16-22)30-32(37-14-13-36-30)33-31(25)39-34(40-33)18(2)3/h7-18,38H,4,6H2,1-3,5H3,(H,39,40). The number of H-pyrrole nitrogens is 1. The molecule has 6 nitrogen and oxygen atoms in total. The minimum absolute atomic E-state index is 0.286. The Labute approximate surface area is 232 Å². The van der Waals surface area contributed by atoms with E-state index in [-0.39, 0.29) is 5.92 Å². The Balaban J connectivity index is 1.49. The molecular weight excluding hydrogens is 492 g/mol. The summed E-state index contributed by atoms with van der Waals surface area (Å²) in [5.74, 6) is 1.24. The predicted molar refractivity (Wildman–Crippen MR) is 167 cm³/mol. The molecular formula is C34H30N6. The van der Waals surface area contributed by atoms with Crippen molar-refractivity contribution < 1.29 is 0 Å². The van der Waals surface area contributed by atoms with Gasteiger partial charge in [-0.3, -0.25) is 15.0 Å². The zero-order valence-electron chi connectivity index (χ0n) is 23.1. The lowest BCUT2D eigenvalue weighted by Gasteiger charge is -2.18. The number of benzene rings is 4. The Morgan fingerprint density at radius 3 is 2.30 bits per heavy atom. The molecule has 0 bridgehead atoms. The summed E-state index contributed by atoms with van der Waals surface area (Å²) in [5.41, 5.74) is 9.13. The number of imidazole rings is 1. The van der Waals surface area contributed by atoms with Crippen LogP contribution in [-0.2, 0) is 0 Å². The molecule has 3 aromatic heterocycles. The third-order valence-corrected chi connectivity index (χ3v) is 7.97. The van der Waals surface area contributed by atoms with Gasteiger partial charge < -0.3 is 10.3 Å². The van der Waals surface area contributed by atoms with Crippen molar-refractivity contribution in [1.82, 2.24) is 24.9 Å². The molecule has 3 heterocycles. The van der Waals surface area contributed by atoms with Crippen molar-refractivity contribution in [3.8, 4) is 11.1 Å². The second-order valence-corrected chi connectivity index (χ2v) is 10.8. The number of aryl methyl sites for hydroxylation is 1. The molecule has 0 radical (unpaired) electrons. The zero-order chi connectivity index (χ0) is 27.5. The first-order chi connectivity index (χ1) is 19.4. The van der Waals surface area contributed by atoms with E-state index in [2.05, 4.69) is 92.0 Å². The second-order valence-electron chi connectivity index (χ2n) is 10.8. The Morgan fingerprint density at radius 2 is 1.55 bits per heavy atom. The van der Waals surface area contributed by atoms with Crippen LogP contribution in [0.3, 0.4) is 0 Å². The quantitative estimate of drug-likeness (QED) is 0.221. The lowest BCUT2D eigenvalue weighted by Crippen LogP contribution is -2.01. The van der Waals surface area contributed by atoms with E-state index >= 15 is 0 Å². The van der Waals surface area contributed by atoms with E-state index in [1.807, 2.05) is 12.4 Å². The smallest absolute Gasteiger partial charge is 0.115 e. The number of nitrogens with one attached hydrogen (secondary N) is 2. The molecule has 0 fully saturated rings. The Bertz CT molecular complexity index is 2140. The Hall–Kier alpha value is -4.84. The van der Waals surface area contributed by atoms with Gasteiger partial charge in [-0.15, -0.1) is 0 Å². The molecule has 7 aromatic rings. The van der Waals surface area contributed by atoms with Crippen LogP contribution in [0.4, 0.5) is 5.69 Å². The summed E-state index contributed by atoms with van der Waals surface area (Å²) >= 11 is 0. The maximum Gasteiger partial charge on any atom is 0.115 e. The van der Waals surface area contributed by atoms with Gasteiger partial charge in [0.25, 0.3) is 0 Å². The molecule has 0 aliphatic carbocycles. The highest BCUT2D eigenvalue weighted by Crippen LogP contribution is 2.40. The van der Waals surface area contributed by atoms with Gasteiger partial charge in [0.05, 0.1) is 16.6 Å². The van der Waals surface area contributed by atoms with Crippen molar-refractivity contribution in [2.24, 2.45) is 0 Å². The van der Waals surface area contributed by atoms with Gasteiger partial charge >= 0.3 is 0 Å². The predicted octanol–water partition coefficient (Wildman–Crippen LogP) is 8.80. The van der Waals surface area contributed by atoms with Gasteiger partial charge in [-0.25, -0.2) is 4.98 Å². The monoisotopic (exact) mass is 522 g/mol. The van der Waals surface area contributed by atoms with E-state index in [0.717, 1.165) is 73.0 Å². The first-order valence-corrected chi connectivity index (χ1v) is 13.8. The van der Waals surface area contributed by atoms with Crippen molar-refractivity contribution in [3.05, 3.63) is 90.9 Å². The van der Waals surface area contributed by atoms with Gasteiger partial charge in [0.2, 0.25) is 0 Å². The van der Waals surface area contributed by atoms with Crippen LogP contribution in [-0.4, -0.2) is 24.9 Å². The second kappa shape index (κ2) is 9.12. The summed E-state index contributed by atoms with van der Waals surface area (Å²) in [6.45, 7) is 12.8. The summed E-state index contributed by atoms with van der Waals surface area (Å²) in [6.07, 6.45) is 8.19. The van der Waals surface area contributed by atoms with Crippen LogP contribution in [0, 0.1) is 6.92 Å². The molecule has 0 aliphatic rings. The first-order valence-electron chi connectivity index (χ1n) is 13.8. The normalized spacial score (nSPS) is 11.9. The third-order valence-electron chi connectivity index (χ3n) is 7.97. The Kier molecular flexibility index (Phi) is 5.52. The molecule has 0 saturated carbocycles. The summed E-state index contributed by atoms with van der Waals surface area (Å²) in [5, 5.41) is 10.4. The maximum absolute atomic E-state index is 4.97. The molecule has 196 valence electrons. The highest BCUT2D eigenvalue weighted by molar-refractivity contribution is 6.21. The van der Waals surface area contributed by atoms with Gasteiger partial charge in [0, 0.05) is 63.6 Å². The fourth-order valence-corrected chi connectivity index (χ4v) is 5.73. The van der Waals surface area contributed by atoms with E-state index in [1.165, 1.54) is 21.7 Å². The molecule has 6 heteroatoms. The number of pyridine rings is 1. The van der Waals surface area contributed by atoms with Crippen molar-refractivity contribution >= 4 is 60.1 Å². The number of aromatic nitrogens is 5. The molecule has 40 heavy (non-hydrogen) atoms. The molecule has 0 aliphatic heterocycles. The highest BCUT2D eigenvalue weighted by atomic mass is 14.9. The van der Waals surface area contributed by atoms with E-state index < -0.39 is 0 Å². The van der Waals surface area contributed by atoms with Crippen molar-refractivity contribution in [2.75, 3.05) is 5.32 Å². The van der Waals surface area contributed by atoms with Crippen LogP contribution in [0.2, 0.25) is 0 Å². The number of anilines is 1. The number of aromatic amines is 1. The summed E-state index contributed by atoms with van der Waals surface area (Å²) < 4.78 is 0. The lowest BCUT2D eigenvalue weighted by molar-refractivity contribution is 0.799. The number of hydrogen-bond acceptors (Lipinski definition) is 5. The first kappa shape index (κ1) is 24.2. The van der Waals surface area contributed by atoms with Crippen LogP contribution >= 0.6 is 0 Å². The number of allylic oxidation sites excluding steroid dienone is 1. The average molecular weight is 523 g/mol. The van der Waals surface area contributed by atoms with Crippen LogP contribution in [0.1, 0.15) is 44.5 Å². The zero-order valence-corrected chi connectivity index (χ0v) is 23.1. The fourth-order valence-electron chi connectivity index (χ4n) is 5.73. The van der Waals surface area contributed by atoms with Crippen LogP contribution in [0.25, 0.3) is 65.5 Å². The molecule has 0 saturated heterocycles. The number of fused-ring (bicyclic) bond motifs is 9. The summed E-state index contributed by atoms with van der Waals surface area (Å²) in [6, 6.07) is 15.4. The summed E-state index contributed by atoms with van der Waals surface area (Å²) in [4.78, 5) is 22.4. The van der Waals surface area contributed by atoms with Crippen molar-refractivity contribution in [2.45, 2.75) is 40.0 Å². The molecule has 0 atom stereocenters. The van der Waals surface area contributed by atoms with Crippen LogP contribution < -0.4 is 5.32 Å². The van der Waals surface area contributed by atoms with Gasteiger partial charge in [0.15, 0.2) is 0 Å². The van der Waals surface area contributed by atoms with E-state index in [9.17, 15) is 0 Å². The fraction of sp³-hybridized carbons (Fsp3) is 0.176. The minimum Gasteiger partial charge on any atom is -0.359 e. The average Bonchev–Trinajstić information content (AvgIpc) is 3.45. The van der Waals surface area contributed by atoms with Gasteiger partial charge in [-0.05, 0) is 59.0 Å². The van der Waals surface area contributed by atoms with E-state index in [0.29, 0.717) is 0 Å².